The van der Waals surface area contributed by atoms with E-state index in [1.165, 1.54) is 0 Å². The van der Waals surface area contributed by atoms with E-state index in [1.54, 1.807) is 18.5 Å². The first-order valence-corrected chi connectivity index (χ1v) is 11.5. The molecule has 176 valence electrons. The summed E-state index contributed by atoms with van der Waals surface area (Å²) in [6.07, 6.45) is 3.39. The molecule has 4 aromatic heterocycles. The Kier molecular flexibility index (Phi) is 5.79. The highest BCUT2D eigenvalue weighted by atomic mass is 16.5. The Balaban J connectivity index is 1.49. The molecule has 0 aromatic carbocycles. The summed E-state index contributed by atoms with van der Waals surface area (Å²) in [7, 11) is 0. The molecule has 1 aliphatic heterocycles. The van der Waals surface area contributed by atoms with Gasteiger partial charge < -0.3 is 19.4 Å². The number of ether oxygens (including phenoxy) is 1. The van der Waals surface area contributed by atoms with E-state index in [4.69, 9.17) is 14.1 Å². The predicted molar refractivity (Wildman–Crippen MR) is 130 cm³/mol. The predicted octanol–water partition coefficient (Wildman–Crippen LogP) is 4.37. The fraction of sp³-hybridized carbons (Fsp3) is 0.360. The molecule has 1 N–H and O–H groups in total. The minimum atomic E-state index is -0.240. The highest BCUT2D eigenvalue weighted by molar-refractivity contribution is 6.12. The number of pyridine rings is 2. The van der Waals surface area contributed by atoms with Crippen molar-refractivity contribution in [2.24, 2.45) is 0 Å². The van der Waals surface area contributed by atoms with E-state index in [1.807, 2.05) is 50.6 Å². The summed E-state index contributed by atoms with van der Waals surface area (Å²) < 4.78 is 12.9. The number of rotatable bonds is 5. The lowest BCUT2D eigenvalue weighted by atomic mass is 10.1. The molecule has 9 nitrogen and oxygen atoms in total. The first kappa shape index (κ1) is 22.1. The maximum absolute atomic E-state index is 13.4. The second-order valence-corrected chi connectivity index (χ2v) is 8.76. The van der Waals surface area contributed by atoms with Crippen molar-refractivity contribution in [2.45, 2.75) is 33.7 Å². The number of anilines is 2. The van der Waals surface area contributed by atoms with Gasteiger partial charge in [0, 0.05) is 24.7 Å². The van der Waals surface area contributed by atoms with Crippen molar-refractivity contribution < 1.29 is 13.9 Å². The molecule has 5 rings (SSSR count). The van der Waals surface area contributed by atoms with Gasteiger partial charge in [-0.2, -0.15) is 5.10 Å². The van der Waals surface area contributed by atoms with Crippen LogP contribution in [0.25, 0.3) is 22.3 Å². The van der Waals surface area contributed by atoms with Crippen LogP contribution in [0.4, 0.5) is 11.5 Å². The second kappa shape index (κ2) is 8.90. The Hall–Kier alpha value is -3.72. The molecule has 0 radical (unpaired) electrons. The molecule has 1 amide bonds. The van der Waals surface area contributed by atoms with E-state index in [0.717, 1.165) is 36.0 Å². The van der Waals surface area contributed by atoms with Gasteiger partial charge in [0.25, 0.3) is 5.91 Å². The topological polar surface area (TPSA) is 98.3 Å². The third kappa shape index (κ3) is 4.14. The number of nitrogens with one attached hydrogen (secondary N) is 1. The maximum atomic E-state index is 13.4. The van der Waals surface area contributed by atoms with Gasteiger partial charge in [-0.05, 0) is 52.0 Å². The number of hydrogen-bond donors (Lipinski definition) is 1. The summed E-state index contributed by atoms with van der Waals surface area (Å²) in [5.74, 6) is 2.19. The lowest BCUT2D eigenvalue weighted by molar-refractivity contribution is 0.102. The standard InChI is InChI=1S/C25H28N6O3/c1-15(2)31-24-21(14-27-31)20(12-22(29-24)19-11-16(3)34-17(19)4)25(32)28-18-5-6-23(26-13-18)30-7-9-33-10-8-30/h5-6,11-15H,7-10H2,1-4H3,(H,28,32). The minimum absolute atomic E-state index is 0.0975. The van der Waals surface area contributed by atoms with Crippen LogP contribution in [0.15, 0.2) is 41.1 Å². The molecule has 0 atom stereocenters. The van der Waals surface area contributed by atoms with Crippen molar-refractivity contribution in [1.29, 1.82) is 0 Å². The Morgan fingerprint density at radius 3 is 2.56 bits per heavy atom. The molecule has 0 saturated carbocycles. The minimum Gasteiger partial charge on any atom is -0.466 e. The molecule has 5 heterocycles. The molecule has 0 aliphatic carbocycles. The summed E-state index contributed by atoms with van der Waals surface area (Å²) in [6, 6.07) is 7.63. The SMILES string of the molecule is Cc1cc(-c2cc(C(=O)Nc3ccc(N4CCOCC4)nc3)c3cnn(C(C)C)c3n2)c(C)o1. The molecule has 4 aromatic rings. The molecule has 9 heteroatoms. The van der Waals surface area contributed by atoms with Gasteiger partial charge in [0.2, 0.25) is 0 Å². The van der Waals surface area contributed by atoms with Crippen molar-refractivity contribution in [3.63, 3.8) is 0 Å². The number of carbonyl (C=O) groups excluding carboxylic acids is 1. The van der Waals surface area contributed by atoms with Crippen molar-refractivity contribution in [2.75, 3.05) is 36.5 Å². The highest BCUT2D eigenvalue weighted by Gasteiger charge is 2.21. The number of hydrogen-bond acceptors (Lipinski definition) is 7. The molecule has 0 unspecified atom stereocenters. The third-order valence-corrected chi connectivity index (χ3v) is 5.96. The quantitative estimate of drug-likeness (QED) is 0.472. The van der Waals surface area contributed by atoms with E-state index in [9.17, 15) is 4.79 Å². The number of aromatic nitrogens is 4. The lowest BCUT2D eigenvalue weighted by Gasteiger charge is -2.27. The van der Waals surface area contributed by atoms with Crippen LogP contribution in [0.2, 0.25) is 0 Å². The van der Waals surface area contributed by atoms with E-state index in [2.05, 4.69) is 20.3 Å². The van der Waals surface area contributed by atoms with Crippen LogP contribution in [0, 0.1) is 13.8 Å². The smallest absolute Gasteiger partial charge is 0.256 e. The zero-order chi connectivity index (χ0) is 23.8. The maximum Gasteiger partial charge on any atom is 0.256 e. The zero-order valence-corrected chi connectivity index (χ0v) is 19.8. The van der Waals surface area contributed by atoms with Gasteiger partial charge in [-0.3, -0.25) is 4.79 Å². The van der Waals surface area contributed by atoms with Gasteiger partial charge in [-0.1, -0.05) is 0 Å². The van der Waals surface area contributed by atoms with Crippen LogP contribution in [-0.2, 0) is 4.74 Å². The van der Waals surface area contributed by atoms with Gasteiger partial charge in [-0.25, -0.2) is 14.6 Å². The Morgan fingerprint density at radius 2 is 1.91 bits per heavy atom. The van der Waals surface area contributed by atoms with Crippen LogP contribution in [0.1, 0.15) is 41.8 Å². The van der Waals surface area contributed by atoms with Gasteiger partial charge in [-0.15, -0.1) is 0 Å². The van der Waals surface area contributed by atoms with Crippen LogP contribution in [0.3, 0.4) is 0 Å². The van der Waals surface area contributed by atoms with Crippen molar-refractivity contribution in [1.82, 2.24) is 19.7 Å². The molecular weight excluding hydrogens is 432 g/mol. The lowest BCUT2D eigenvalue weighted by Crippen LogP contribution is -2.36. The molecule has 0 spiro atoms. The molecule has 1 saturated heterocycles. The van der Waals surface area contributed by atoms with E-state index < -0.39 is 0 Å². The number of nitrogens with zero attached hydrogens (tertiary/aromatic N) is 5. The third-order valence-electron chi connectivity index (χ3n) is 5.96. The summed E-state index contributed by atoms with van der Waals surface area (Å²) in [4.78, 5) is 25.0. The fourth-order valence-corrected chi connectivity index (χ4v) is 4.24. The number of fused-ring (bicyclic) bond motifs is 1. The van der Waals surface area contributed by atoms with Crippen LogP contribution in [0.5, 0.6) is 0 Å². The molecule has 34 heavy (non-hydrogen) atoms. The van der Waals surface area contributed by atoms with Crippen molar-refractivity contribution >= 4 is 28.4 Å². The summed E-state index contributed by atoms with van der Waals surface area (Å²) in [5, 5.41) is 8.18. The number of aryl methyl sites for hydroxylation is 2. The second-order valence-electron chi connectivity index (χ2n) is 8.76. The van der Waals surface area contributed by atoms with Crippen LogP contribution >= 0.6 is 0 Å². The Labute approximate surface area is 197 Å². The molecular formula is C25H28N6O3. The summed E-state index contributed by atoms with van der Waals surface area (Å²) in [6.45, 7) is 10.9. The summed E-state index contributed by atoms with van der Waals surface area (Å²) in [5.41, 5.74) is 3.33. The Bertz CT molecular complexity index is 1330. The largest absolute Gasteiger partial charge is 0.466 e. The zero-order valence-electron chi connectivity index (χ0n) is 19.8. The van der Waals surface area contributed by atoms with Gasteiger partial charge in [0.05, 0.1) is 47.9 Å². The Morgan fingerprint density at radius 1 is 1.12 bits per heavy atom. The molecule has 1 fully saturated rings. The van der Waals surface area contributed by atoms with E-state index in [-0.39, 0.29) is 11.9 Å². The fourth-order valence-electron chi connectivity index (χ4n) is 4.24. The molecule has 1 aliphatic rings. The van der Waals surface area contributed by atoms with E-state index >= 15 is 0 Å². The van der Waals surface area contributed by atoms with E-state index in [0.29, 0.717) is 41.2 Å². The summed E-state index contributed by atoms with van der Waals surface area (Å²) >= 11 is 0. The van der Waals surface area contributed by atoms with Crippen molar-refractivity contribution in [3.8, 4) is 11.3 Å². The van der Waals surface area contributed by atoms with Gasteiger partial charge in [0.15, 0.2) is 5.65 Å². The highest BCUT2D eigenvalue weighted by Crippen LogP contribution is 2.30. The number of morpholine rings is 1. The number of amides is 1. The van der Waals surface area contributed by atoms with Crippen LogP contribution < -0.4 is 10.2 Å². The monoisotopic (exact) mass is 460 g/mol. The first-order chi connectivity index (χ1) is 16.4. The van der Waals surface area contributed by atoms with Gasteiger partial charge in [0.1, 0.15) is 17.3 Å². The average Bonchev–Trinajstić information content (AvgIpc) is 3.42. The normalized spacial score (nSPS) is 14.2. The van der Waals surface area contributed by atoms with Crippen LogP contribution in [-0.4, -0.2) is 52.0 Å². The van der Waals surface area contributed by atoms with Crippen molar-refractivity contribution in [3.05, 3.63) is 53.7 Å². The number of carbonyl (C=O) groups is 1. The average molecular weight is 461 g/mol. The first-order valence-electron chi connectivity index (χ1n) is 11.5. The van der Waals surface area contributed by atoms with Gasteiger partial charge >= 0.3 is 0 Å². The molecule has 0 bridgehead atoms. The number of furan rings is 1.